The predicted molar refractivity (Wildman–Crippen MR) is 87.0 cm³/mol. The smallest absolute Gasteiger partial charge is 0.231 e. The van der Waals surface area contributed by atoms with Gasteiger partial charge in [-0.3, -0.25) is 4.79 Å². The van der Waals surface area contributed by atoms with Gasteiger partial charge >= 0.3 is 0 Å². The van der Waals surface area contributed by atoms with Gasteiger partial charge in [-0.15, -0.1) is 0 Å². The monoisotopic (exact) mass is 331 g/mol. The summed E-state index contributed by atoms with van der Waals surface area (Å²) in [7, 11) is 0. The fraction of sp³-hybridized carbons (Fsp3) is 0.235. The molecule has 3 heteroatoms. The van der Waals surface area contributed by atoms with Gasteiger partial charge in [-0.05, 0) is 52.5 Å². The number of halogens is 1. The molecule has 0 saturated heterocycles. The highest BCUT2D eigenvalue weighted by Gasteiger charge is 2.19. The van der Waals surface area contributed by atoms with Crippen LogP contribution in [0.3, 0.4) is 0 Å². The Bertz CT molecular complexity index is 595. The van der Waals surface area contributed by atoms with Crippen LogP contribution in [0.4, 0.5) is 5.69 Å². The third kappa shape index (κ3) is 3.48. The fourth-order valence-electron chi connectivity index (χ4n) is 2.20. The summed E-state index contributed by atoms with van der Waals surface area (Å²) in [6.45, 7) is 4.05. The molecule has 0 unspecified atom stereocenters. The highest BCUT2D eigenvalue weighted by atomic mass is 79.9. The number of aryl methyl sites for hydroxylation is 1. The van der Waals surface area contributed by atoms with Gasteiger partial charge in [0, 0.05) is 4.47 Å². The Kier molecular flexibility index (Phi) is 4.96. The molecule has 0 aliphatic heterocycles. The Balaban J connectivity index is 2.18. The van der Waals surface area contributed by atoms with Crippen molar-refractivity contribution in [2.45, 2.75) is 26.2 Å². The fourth-order valence-corrected chi connectivity index (χ4v) is 2.79. The van der Waals surface area contributed by atoms with Crippen molar-refractivity contribution >= 4 is 27.5 Å². The molecule has 0 spiro atoms. The lowest BCUT2D eigenvalue weighted by molar-refractivity contribution is -0.117. The van der Waals surface area contributed by atoms with Crippen LogP contribution in [0, 0.1) is 6.92 Å². The van der Waals surface area contributed by atoms with Crippen molar-refractivity contribution in [2.24, 2.45) is 0 Å². The first kappa shape index (κ1) is 14.8. The van der Waals surface area contributed by atoms with E-state index in [1.807, 2.05) is 62.4 Å². The number of anilines is 1. The van der Waals surface area contributed by atoms with Crippen molar-refractivity contribution in [1.29, 1.82) is 0 Å². The number of amides is 1. The molecule has 1 N–H and O–H groups in total. The first-order valence-corrected chi connectivity index (χ1v) is 7.53. The average molecular weight is 332 g/mol. The SMILES string of the molecule is CC[C@H](C(=O)Nc1ccc(C)cc1Br)c1ccccc1. The number of rotatable bonds is 4. The number of carbonyl (C=O) groups excluding carboxylic acids is 1. The second kappa shape index (κ2) is 6.71. The molecule has 20 heavy (non-hydrogen) atoms. The van der Waals surface area contributed by atoms with Gasteiger partial charge in [-0.1, -0.05) is 43.3 Å². The molecular formula is C17H18BrNO. The maximum absolute atomic E-state index is 12.4. The molecule has 2 rings (SSSR count). The van der Waals surface area contributed by atoms with Gasteiger partial charge in [0.1, 0.15) is 0 Å². The molecule has 0 heterocycles. The lowest BCUT2D eigenvalue weighted by atomic mass is 9.95. The zero-order valence-electron chi connectivity index (χ0n) is 11.7. The summed E-state index contributed by atoms with van der Waals surface area (Å²) in [5.74, 6) is -0.0901. The molecule has 2 aromatic carbocycles. The van der Waals surface area contributed by atoms with E-state index >= 15 is 0 Å². The van der Waals surface area contributed by atoms with Gasteiger partial charge in [0.05, 0.1) is 11.6 Å². The van der Waals surface area contributed by atoms with E-state index in [4.69, 9.17) is 0 Å². The van der Waals surface area contributed by atoms with E-state index in [0.29, 0.717) is 0 Å². The summed E-state index contributed by atoms with van der Waals surface area (Å²) in [4.78, 5) is 12.4. The van der Waals surface area contributed by atoms with Crippen LogP contribution in [0.1, 0.15) is 30.4 Å². The van der Waals surface area contributed by atoms with Gasteiger partial charge in [-0.25, -0.2) is 0 Å². The largest absolute Gasteiger partial charge is 0.325 e. The summed E-state index contributed by atoms with van der Waals surface area (Å²) in [6.07, 6.45) is 0.777. The van der Waals surface area contributed by atoms with E-state index in [0.717, 1.165) is 27.7 Å². The molecule has 2 aromatic rings. The third-order valence-corrected chi connectivity index (χ3v) is 3.97. The Hall–Kier alpha value is -1.61. The van der Waals surface area contributed by atoms with E-state index in [-0.39, 0.29) is 11.8 Å². The van der Waals surface area contributed by atoms with Crippen LogP contribution < -0.4 is 5.32 Å². The van der Waals surface area contributed by atoms with Crippen molar-refractivity contribution in [1.82, 2.24) is 0 Å². The molecule has 0 aliphatic rings. The molecule has 2 nitrogen and oxygen atoms in total. The van der Waals surface area contributed by atoms with Gasteiger partial charge in [-0.2, -0.15) is 0 Å². The molecule has 1 atom stereocenters. The first-order chi connectivity index (χ1) is 9.61. The van der Waals surface area contributed by atoms with Crippen molar-refractivity contribution in [3.63, 3.8) is 0 Å². The second-order valence-electron chi connectivity index (χ2n) is 4.84. The van der Waals surface area contributed by atoms with Gasteiger partial charge < -0.3 is 5.32 Å². The highest BCUT2D eigenvalue weighted by molar-refractivity contribution is 9.10. The summed E-state index contributed by atoms with van der Waals surface area (Å²) < 4.78 is 0.911. The molecule has 0 bridgehead atoms. The summed E-state index contributed by atoms with van der Waals surface area (Å²) >= 11 is 3.49. The molecule has 104 valence electrons. The Morgan fingerprint density at radius 2 is 1.90 bits per heavy atom. The van der Waals surface area contributed by atoms with E-state index in [9.17, 15) is 4.79 Å². The quantitative estimate of drug-likeness (QED) is 0.849. The van der Waals surface area contributed by atoms with E-state index in [2.05, 4.69) is 21.2 Å². The lowest BCUT2D eigenvalue weighted by Gasteiger charge is -2.16. The van der Waals surface area contributed by atoms with Crippen molar-refractivity contribution in [3.05, 3.63) is 64.1 Å². The van der Waals surface area contributed by atoms with Crippen LogP contribution >= 0.6 is 15.9 Å². The number of hydrogen-bond donors (Lipinski definition) is 1. The van der Waals surface area contributed by atoms with Crippen LogP contribution in [0.2, 0.25) is 0 Å². The Labute approximate surface area is 128 Å². The summed E-state index contributed by atoms with van der Waals surface area (Å²) in [6, 6.07) is 15.8. The van der Waals surface area contributed by atoms with Crippen molar-refractivity contribution < 1.29 is 4.79 Å². The Morgan fingerprint density at radius 1 is 1.20 bits per heavy atom. The van der Waals surface area contributed by atoms with Gasteiger partial charge in [0.15, 0.2) is 0 Å². The van der Waals surface area contributed by atoms with Gasteiger partial charge in [0.25, 0.3) is 0 Å². The van der Waals surface area contributed by atoms with Crippen LogP contribution in [0.15, 0.2) is 53.0 Å². The zero-order valence-corrected chi connectivity index (χ0v) is 13.3. The molecule has 1 amide bonds. The number of nitrogens with one attached hydrogen (secondary N) is 1. The predicted octanol–water partition coefficient (Wildman–Crippen LogP) is 4.89. The lowest BCUT2D eigenvalue weighted by Crippen LogP contribution is -2.20. The van der Waals surface area contributed by atoms with E-state index in [1.165, 1.54) is 0 Å². The molecule has 0 aromatic heterocycles. The van der Waals surface area contributed by atoms with Crippen LogP contribution in [0.5, 0.6) is 0 Å². The van der Waals surface area contributed by atoms with Gasteiger partial charge in [0.2, 0.25) is 5.91 Å². The second-order valence-corrected chi connectivity index (χ2v) is 5.70. The van der Waals surface area contributed by atoms with Crippen molar-refractivity contribution in [2.75, 3.05) is 5.32 Å². The normalized spacial score (nSPS) is 11.9. The van der Waals surface area contributed by atoms with E-state index in [1.54, 1.807) is 0 Å². The topological polar surface area (TPSA) is 29.1 Å². The molecule has 0 saturated carbocycles. The Morgan fingerprint density at radius 3 is 2.50 bits per heavy atom. The zero-order chi connectivity index (χ0) is 14.5. The molecule has 0 radical (unpaired) electrons. The van der Waals surface area contributed by atoms with Crippen LogP contribution in [-0.4, -0.2) is 5.91 Å². The average Bonchev–Trinajstić information content (AvgIpc) is 2.44. The van der Waals surface area contributed by atoms with Crippen LogP contribution in [-0.2, 0) is 4.79 Å². The maximum Gasteiger partial charge on any atom is 0.231 e. The molecule has 0 fully saturated rings. The number of benzene rings is 2. The molecular weight excluding hydrogens is 314 g/mol. The van der Waals surface area contributed by atoms with E-state index < -0.39 is 0 Å². The summed E-state index contributed by atoms with van der Waals surface area (Å²) in [5.41, 5.74) is 3.02. The number of hydrogen-bond acceptors (Lipinski definition) is 1. The molecule has 0 aliphatic carbocycles. The third-order valence-electron chi connectivity index (χ3n) is 3.31. The minimum absolute atomic E-state index is 0.0308. The first-order valence-electron chi connectivity index (χ1n) is 6.73. The summed E-state index contributed by atoms with van der Waals surface area (Å²) in [5, 5.41) is 3.00. The number of carbonyl (C=O) groups is 1. The maximum atomic E-state index is 12.4. The minimum atomic E-state index is -0.121. The minimum Gasteiger partial charge on any atom is -0.325 e. The standard InChI is InChI=1S/C17H18BrNO/c1-3-14(13-7-5-4-6-8-13)17(20)19-16-10-9-12(2)11-15(16)18/h4-11,14H,3H2,1-2H3,(H,19,20)/t14-/m0/s1. The van der Waals surface area contributed by atoms with Crippen molar-refractivity contribution in [3.8, 4) is 0 Å². The highest BCUT2D eigenvalue weighted by Crippen LogP contribution is 2.26. The van der Waals surface area contributed by atoms with Crippen LogP contribution in [0.25, 0.3) is 0 Å².